The van der Waals surface area contributed by atoms with Crippen LogP contribution in [0.25, 0.3) is 6.08 Å². The van der Waals surface area contributed by atoms with Gasteiger partial charge in [-0.3, -0.25) is 4.79 Å². The number of allylic oxidation sites excluding steroid dienone is 1. The van der Waals surface area contributed by atoms with Crippen LogP contribution in [-0.2, 0) is 0 Å². The molecular weight excluding hydrogens is 299 g/mol. The highest BCUT2D eigenvalue weighted by Crippen LogP contribution is 2.34. The van der Waals surface area contributed by atoms with Gasteiger partial charge in [0.2, 0.25) is 0 Å². The van der Waals surface area contributed by atoms with E-state index >= 15 is 0 Å². The van der Waals surface area contributed by atoms with E-state index in [1.807, 2.05) is 0 Å². The van der Waals surface area contributed by atoms with Crippen molar-refractivity contribution in [2.45, 2.75) is 0 Å². The third-order valence-corrected chi connectivity index (χ3v) is 3.28. The Kier molecular flexibility index (Phi) is 5.36. The van der Waals surface area contributed by atoms with Gasteiger partial charge in [-0.1, -0.05) is 18.2 Å². The number of benzene rings is 2. The summed E-state index contributed by atoms with van der Waals surface area (Å²) in [5.74, 6) is 0.400. The number of carbonyl (C=O) groups excluding carboxylic acids is 1. The zero-order valence-electron chi connectivity index (χ0n) is 13.1. The van der Waals surface area contributed by atoms with E-state index in [1.54, 1.807) is 30.3 Å². The van der Waals surface area contributed by atoms with Crippen molar-refractivity contribution in [2.75, 3.05) is 21.3 Å². The molecule has 0 heterocycles. The summed E-state index contributed by atoms with van der Waals surface area (Å²) in [5, 5.41) is 0. The Labute approximate surface area is 134 Å². The van der Waals surface area contributed by atoms with E-state index in [0.29, 0.717) is 22.8 Å². The Hall–Kier alpha value is -2.82. The van der Waals surface area contributed by atoms with Crippen molar-refractivity contribution >= 4 is 11.9 Å². The summed E-state index contributed by atoms with van der Waals surface area (Å²) < 4.78 is 29.2. The molecule has 0 saturated heterocycles. The lowest BCUT2D eigenvalue weighted by molar-refractivity contribution is 0.104. The largest absolute Gasteiger partial charge is 0.496 e. The molecule has 2 aromatic carbocycles. The molecule has 0 aliphatic rings. The van der Waals surface area contributed by atoms with E-state index in [0.717, 1.165) is 0 Å². The zero-order valence-corrected chi connectivity index (χ0v) is 13.1. The molecule has 0 N–H and O–H groups in total. The maximum absolute atomic E-state index is 13.6. The molecule has 0 atom stereocenters. The SMILES string of the molecule is COc1cc(OC)c(C(=O)/C=C/c2ccccc2F)c(OC)c1. The first-order chi connectivity index (χ1) is 11.1. The van der Waals surface area contributed by atoms with Crippen molar-refractivity contribution in [3.63, 3.8) is 0 Å². The lowest BCUT2D eigenvalue weighted by Crippen LogP contribution is -2.03. The summed E-state index contributed by atoms with van der Waals surface area (Å²) in [6, 6.07) is 9.38. The maximum Gasteiger partial charge on any atom is 0.193 e. The minimum Gasteiger partial charge on any atom is -0.496 e. The molecule has 0 aliphatic heterocycles. The van der Waals surface area contributed by atoms with E-state index in [9.17, 15) is 9.18 Å². The van der Waals surface area contributed by atoms with Crippen LogP contribution in [0.5, 0.6) is 17.2 Å². The Morgan fingerprint density at radius 3 is 2.13 bits per heavy atom. The topological polar surface area (TPSA) is 44.8 Å². The minimum absolute atomic E-state index is 0.253. The molecule has 0 saturated carbocycles. The number of methoxy groups -OCH3 is 3. The third-order valence-electron chi connectivity index (χ3n) is 3.28. The fourth-order valence-corrected chi connectivity index (χ4v) is 2.11. The molecule has 0 unspecified atom stereocenters. The summed E-state index contributed by atoms with van der Waals surface area (Å²) in [4.78, 5) is 12.5. The minimum atomic E-state index is -0.398. The first kappa shape index (κ1) is 16.5. The molecule has 0 amide bonds. The molecule has 0 bridgehead atoms. The molecule has 120 valence electrons. The number of hydrogen-bond acceptors (Lipinski definition) is 4. The fraction of sp³-hybridized carbons (Fsp3) is 0.167. The van der Waals surface area contributed by atoms with Crippen molar-refractivity contribution < 1.29 is 23.4 Å². The lowest BCUT2D eigenvalue weighted by Gasteiger charge is -2.13. The highest BCUT2D eigenvalue weighted by Gasteiger charge is 2.18. The molecule has 0 fully saturated rings. The van der Waals surface area contributed by atoms with Crippen LogP contribution in [0.2, 0.25) is 0 Å². The van der Waals surface area contributed by atoms with Crippen molar-refractivity contribution in [3.05, 3.63) is 59.4 Å². The van der Waals surface area contributed by atoms with Crippen molar-refractivity contribution in [1.29, 1.82) is 0 Å². The lowest BCUT2D eigenvalue weighted by atomic mass is 10.1. The van der Waals surface area contributed by atoms with Gasteiger partial charge >= 0.3 is 0 Å². The normalized spacial score (nSPS) is 10.6. The molecule has 5 heteroatoms. The van der Waals surface area contributed by atoms with E-state index < -0.39 is 5.82 Å². The summed E-state index contributed by atoms with van der Waals surface area (Å²) in [6.07, 6.45) is 2.70. The second-order valence-corrected chi connectivity index (χ2v) is 4.63. The summed E-state index contributed by atoms with van der Waals surface area (Å²) in [5.41, 5.74) is 0.579. The number of halogens is 1. The van der Waals surface area contributed by atoms with E-state index in [1.165, 1.54) is 39.5 Å². The van der Waals surface area contributed by atoms with Gasteiger partial charge in [-0.2, -0.15) is 0 Å². The summed E-state index contributed by atoms with van der Waals surface area (Å²) in [7, 11) is 4.41. The highest BCUT2D eigenvalue weighted by atomic mass is 19.1. The van der Waals surface area contributed by atoms with Gasteiger partial charge in [-0.05, 0) is 18.2 Å². The van der Waals surface area contributed by atoms with Crippen LogP contribution in [0.4, 0.5) is 4.39 Å². The van der Waals surface area contributed by atoms with Crippen LogP contribution in [0.15, 0.2) is 42.5 Å². The molecule has 0 radical (unpaired) electrons. The average molecular weight is 316 g/mol. The number of ketones is 1. The van der Waals surface area contributed by atoms with Gasteiger partial charge in [0.25, 0.3) is 0 Å². The van der Waals surface area contributed by atoms with Gasteiger partial charge < -0.3 is 14.2 Å². The molecule has 0 spiro atoms. The predicted octanol–water partition coefficient (Wildman–Crippen LogP) is 3.75. The van der Waals surface area contributed by atoms with Gasteiger partial charge in [-0.15, -0.1) is 0 Å². The predicted molar refractivity (Wildman–Crippen MR) is 85.9 cm³/mol. The number of rotatable bonds is 6. The average Bonchev–Trinajstić information content (AvgIpc) is 2.59. The smallest absolute Gasteiger partial charge is 0.193 e. The first-order valence-corrected chi connectivity index (χ1v) is 6.87. The van der Waals surface area contributed by atoms with Crippen molar-refractivity contribution in [3.8, 4) is 17.2 Å². The molecule has 4 nitrogen and oxygen atoms in total. The van der Waals surface area contributed by atoms with Crippen LogP contribution in [0.3, 0.4) is 0 Å². The van der Waals surface area contributed by atoms with Crippen LogP contribution in [0.1, 0.15) is 15.9 Å². The van der Waals surface area contributed by atoms with Crippen molar-refractivity contribution in [1.82, 2.24) is 0 Å². The van der Waals surface area contributed by atoms with Gasteiger partial charge in [0.1, 0.15) is 28.6 Å². The number of hydrogen-bond donors (Lipinski definition) is 0. The van der Waals surface area contributed by atoms with E-state index in [-0.39, 0.29) is 11.3 Å². The Bertz CT molecular complexity index is 713. The van der Waals surface area contributed by atoms with Crippen LogP contribution < -0.4 is 14.2 Å². The van der Waals surface area contributed by atoms with Gasteiger partial charge in [0, 0.05) is 17.7 Å². The van der Waals surface area contributed by atoms with Crippen LogP contribution >= 0.6 is 0 Å². The standard InChI is InChI=1S/C18H17FO4/c1-21-13-10-16(22-2)18(17(11-13)23-3)15(20)9-8-12-6-4-5-7-14(12)19/h4-11H,1-3H3/b9-8+. The molecule has 2 aromatic rings. The Morgan fingerprint density at radius 1 is 1.00 bits per heavy atom. The number of carbonyl (C=O) groups is 1. The second-order valence-electron chi connectivity index (χ2n) is 4.63. The molecular formula is C18H17FO4. The van der Waals surface area contributed by atoms with Crippen molar-refractivity contribution in [2.24, 2.45) is 0 Å². The molecule has 0 aromatic heterocycles. The van der Waals surface area contributed by atoms with Crippen LogP contribution in [0, 0.1) is 5.82 Å². The molecule has 2 rings (SSSR count). The summed E-state index contributed by atoms with van der Waals surface area (Å²) in [6.45, 7) is 0. The van der Waals surface area contributed by atoms with E-state index in [4.69, 9.17) is 14.2 Å². The summed E-state index contributed by atoms with van der Waals surface area (Å²) >= 11 is 0. The first-order valence-electron chi connectivity index (χ1n) is 6.87. The fourth-order valence-electron chi connectivity index (χ4n) is 2.11. The van der Waals surface area contributed by atoms with Gasteiger partial charge in [-0.25, -0.2) is 4.39 Å². The molecule has 23 heavy (non-hydrogen) atoms. The Morgan fingerprint density at radius 2 is 1.61 bits per heavy atom. The monoisotopic (exact) mass is 316 g/mol. The van der Waals surface area contributed by atoms with Crippen LogP contribution in [-0.4, -0.2) is 27.1 Å². The maximum atomic E-state index is 13.6. The van der Waals surface area contributed by atoms with Gasteiger partial charge in [0.15, 0.2) is 5.78 Å². The highest BCUT2D eigenvalue weighted by molar-refractivity contribution is 6.10. The Balaban J connectivity index is 2.41. The molecule has 0 aliphatic carbocycles. The van der Waals surface area contributed by atoms with Gasteiger partial charge in [0.05, 0.1) is 21.3 Å². The second kappa shape index (κ2) is 7.45. The zero-order chi connectivity index (χ0) is 16.8. The van der Waals surface area contributed by atoms with E-state index in [2.05, 4.69) is 0 Å². The quantitative estimate of drug-likeness (QED) is 0.601. The number of ether oxygens (including phenoxy) is 3. The third kappa shape index (κ3) is 3.69.